The number of aliphatic hydroxyl groups excluding tert-OH is 1. The van der Waals surface area contributed by atoms with E-state index in [9.17, 15) is 15.0 Å². The van der Waals surface area contributed by atoms with Crippen molar-refractivity contribution in [3.8, 4) is 0 Å². The number of nitrogen functional groups attached to an aromatic ring is 1. The summed E-state index contributed by atoms with van der Waals surface area (Å²) in [5.74, 6) is -1.01. The first-order chi connectivity index (χ1) is 10.0. The average molecular weight is 292 g/mol. The van der Waals surface area contributed by atoms with Crippen LogP contribution in [0, 0.1) is 6.92 Å². The highest BCUT2D eigenvalue weighted by atomic mass is 16.4. The minimum Gasteiger partial charge on any atom is -0.478 e. The molecule has 0 aliphatic heterocycles. The molecule has 0 saturated heterocycles. The van der Waals surface area contributed by atoms with E-state index in [0.29, 0.717) is 18.3 Å². The zero-order valence-corrected chi connectivity index (χ0v) is 12.5. The molecule has 1 aromatic carbocycles. The van der Waals surface area contributed by atoms with Gasteiger partial charge in [-0.25, -0.2) is 4.79 Å². The Morgan fingerprint density at radius 3 is 2.57 bits per heavy atom. The number of carboxylic acid groups (broad SMARTS) is 1. The third-order valence-corrected chi connectivity index (χ3v) is 4.29. The number of nitrogens with zero attached hydrogens (tertiary/aromatic N) is 1. The van der Waals surface area contributed by atoms with Crippen LogP contribution in [0.5, 0.6) is 0 Å². The summed E-state index contributed by atoms with van der Waals surface area (Å²) in [5.41, 5.74) is 7.93. The van der Waals surface area contributed by atoms with E-state index in [0.717, 1.165) is 24.1 Å². The Bertz CT molecular complexity index is 510. The normalized spacial score (nSPS) is 15.9. The molecule has 5 heteroatoms. The van der Waals surface area contributed by atoms with Crippen molar-refractivity contribution >= 4 is 17.3 Å². The molecule has 21 heavy (non-hydrogen) atoms. The van der Waals surface area contributed by atoms with E-state index in [4.69, 9.17) is 5.73 Å². The fourth-order valence-corrected chi connectivity index (χ4v) is 3.15. The highest BCUT2D eigenvalue weighted by molar-refractivity contribution is 5.95. The van der Waals surface area contributed by atoms with Crippen molar-refractivity contribution < 1.29 is 15.0 Å². The molecule has 116 valence electrons. The summed E-state index contributed by atoms with van der Waals surface area (Å²) in [4.78, 5) is 13.5. The first kappa shape index (κ1) is 15.6. The van der Waals surface area contributed by atoms with Gasteiger partial charge in [0.15, 0.2) is 0 Å². The van der Waals surface area contributed by atoms with Crippen molar-refractivity contribution in [1.29, 1.82) is 0 Å². The van der Waals surface area contributed by atoms with Crippen LogP contribution in [0.2, 0.25) is 0 Å². The van der Waals surface area contributed by atoms with E-state index in [2.05, 4.69) is 4.90 Å². The second kappa shape index (κ2) is 6.80. The number of aromatic carboxylic acids is 1. The fourth-order valence-electron chi connectivity index (χ4n) is 3.15. The van der Waals surface area contributed by atoms with E-state index >= 15 is 0 Å². The predicted octanol–water partition coefficient (Wildman–Crippen LogP) is 2.41. The quantitative estimate of drug-likeness (QED) is 0.725. The summed E-state index contributed by atoms with van der Waals surface area (Å²) in [5, 5.41) is 18.6. The maximum atomic E-state index is 11.3. The standard InChI is InChI=1S/C16H24N2O3/c1-11-9-13(10-14(15(11)17)16(20)21)18(7-8-19)12-5-3-2-4-6-12/h9-10,12,19H,2-8,17H2,1H3,(H,20,21). The Hall–Kier alpha value is -1.75. The number of anilines is 2. The Morgan fingerprint density at radius 2 is 2.00 bits per heavy atom. The molecule has 0 spiro atoms. The molecule has 0 atom stereocenters. The zero-order valence-electron chi connectivity index (χ0n) is 12.5. The Morgan fingerprint density at radius 1 is 1.33 bits per heavy atom. The second-order valence-corrected chi connectivity index (χ2v) is 5.74. The van der Waals surface area contributed by atoms with Gasteiger partial charge in [0.1, 0.15) is 0 Å². The summed E-state index contributed by atoms with van der Waals surface area (Å²) < 4.78 is 0. The molecule has 0 radical (unpaired) electrons. The van der Waals surface area contributed by atoms with E-state index in [1.807, 2.05) is 13.0 Å². The number of benzene rings is 1. The lowest BCUT2D eigenvalue weighted by Gasteiger charge is -2.36. The molecule has 5 nitrogen and oxygen atoms in total. The Labute approximate surface area is 125 Å². The Kier molecular flexibility index (Phi) is 5.07. The van der Waals surface area contributed by atoms with Crippen molar-refractivity contribution in [3.05, 3.63) is 23.3 Å². The third kappa shape index (κ3) is 3.47. The predicted molar refractivity (Wildman–Crippen MR) is 83.9 cm³/mol. The number of carboxylic acids is 1. The van der Waals surface area contributed by atoms with E-state index in [1.54, 1.807) is 6.07 Å². The van der Waals surface area contributed by atoms with Gasteiger partial charge < -0.3 is 20.8 Å². The monoisotopic (exact) mass is 292 g/mol. The molecule has 0 unspecified atom stereocenters. The van der Waals surface area contributed by atoms with Crippen LogP contribution in [0.3, 0.4) is 0 Å². The van der Waals surface area contributed by atoms with E-state index < -0.39 is 5.97 Å². The number of aliphatic hydroxyl groups is 1. The van der Waals surface area contributed by atoms with Crippen LogP contribution in [0.1, 0.15) is 48.0 Å². The van der Waals surface area contributed by atoms with Crippen LogP contribution in [-0.4, -0.2) is 35.4 Å². The lowest BCUT2D eigenvalue weighted by Crippen LogP contribution is -2.39. The lowest BCUT2D eigenvalue weighted by atomic mass is 9.93. The molecule has 0 aromatic heterocycles. The molecule has 4 N–H and O–H groups in total. The Balaban J connectivity index is 2.37. The minimum absolute atomic E-state index is 0.0579. The summed E-state index contributed by atoms with van der Waals surface area (Å²) >= 11 is 0. The highest BCUT2D eigenvalue weighted by Crippen LogP contribution is 2.31. The zero-order chi connectivity index (χ0) is 15.4. The molecular weight excluding hydrogens is 268 g/mol. The first-order valence-electron chi connectivity index (χ1n) is 7.55. The molecule has 1 aromatic rings. The smallest absolute Gasteiger partial charge is 0.337 e. The number of nitrogens with two attached hydrogens (primary N) is 1. The molecular formula is C16H24N2O3. The highest BCUT2D eigenvalue weighted by Gasteiger charge is 2.23. The molecule has 0 bridgehead atoms. The van der Waals surface area contributed by atoms with Gasteiger partial charge in [-0.05, 0) is 37.5 Å². The van der Waals surface area contributed by atoms with Crippen LogP contribution >= 0.6 is 0 Å². The van der Waals surface area contributed by atoms with Gasteiger partial charge in [-0.3, -0.25) is 0 Å². The number of hydrogen-bond acceptors (Lipinski definition) is 4. The van der Waals surface area contributed by atoms with E-state index in [-0.39, 0.29) is 12.2 Å². The van der Waals surface area contributed by atoms with Crippen molar-refractivity contribution in [2.24, 2.45) is 0 Å². The first-order valence-corrected chi connectivity index (χ1v) is 7.55. The van der Waals surface area contributed by atoms with Crippen molar-refractivity contribution in [2.75, 3.05) is 23.8 Å². The lowest BCUT2D eigenvalue weighted by molar-refractivity contribution is 0.0698. The van der Waals surface area contributed by atoms with Gasteiger partial charge in [0.25, 0.3) is 0 Å². The maximum absolute atomic E-state index is 11.3. The van der Waals surface area contributed by atoms with Gasteiger partial charge in [0.2, 0.25) is 0 Å². The third-order valence-electron chi connectivity index (χ3n) is 4.29. The van der Waals surface area contributed by atoms with Gasteiger partial charge in [0.05, 0.1) is 12.2 Å². The molecule has 1 aliphatic carbocycles. The largest absolute Gasteiger partial charge is 0.478 e. The number of hydrogen-bond donors (Lipinski definition) is 3. The van der Waals surface area contributed by atoms with Crippen molar-refractivity contribution in [2.45, 2.75) is 45.1 Å². The van der Waals surface area contributed by atoms with Gasteiger partial charge in [-0.1, -0.05) is 19.3 Å². The minimum atomic E-state index is -1.01. The summed E-state index contributed by atoms with van der Waals surface area (Å²) in [7, 11) is 0. The summed E-state index contributed by atoms with van der Waals surface area (Å²) in [6, 6.07) is 3.93. The molecule has 1 fully saturated rings. The van der Waals surface area contributed by atoms with Crippen molar-refractivity contribution in [1.82, 2.24) is 0 Å². The molecule has 0 amide bonds. The molecule has 1 saturated carbocycles. The van der Waals surface area contributed by atoms with Gasteiger partial charge in [-0.2, -0.15) is 0 Å². The SMILES string of the molecule is Cc1cc(N(CCO)C2CCCCC2)cc(C(=O)O)c1N. The summed E-state index contributed by atoms with van der Waals surface area (Å²) in [6.07, 6.45) is 5.81. The number of carbonyl (C=O) groups is 1. The van der Waals surface area contributed by atoms with Crippen LogP contribution in [-0.2, 0) is 0 Å². The maximum Gasteiger partial charge on any atom is 0.337 e. The second-order valence-electron chi connectivity index (χ2n) is 5.74. The van der Waals surface area contributed by atoms with Crippen LogP contribution in [0.25, 0.3) is 0 Å². The molecule has 1 aliphatic rings. The van der Waals surface area contributed by atoms with Gasteiger partial charge in [0, 0.05) is 24.0 Å². The molecule has 2 rings (SSSR count). The summed E-state index contributed by atoms with van der Waals surface area (Å²) in [6.45, 7) is 2.40. The van der Waals surface area contributed by atoms with Crippen LogP contribution in [0.4, 0.5) is 11.4 Å². The van der Waals surface area contributed by atoms with Crippen molar-refractivity contribution in [3.63, 3.8) is 0 Å². The average Bonchev–Trinajstić information content (AvgIpc) is 2.48. The van der Waals surface area contributed by atoms with Gasteiger partial charge >= 0.3 is 5.97 Å². The van der Waals surface area contributed by atoms with Crippen LogP contribution in [0.15, 0.2) is 12.1 Å². The number of rotatable bonds is 5. The topological polar surface area (TPSA) is 86.8 Å². The number of aryl methyl sites for hydroxylation is 1. The van der Waals surface area contributed by atoms with Crippen LogP contribution < -0.4 is 10.6 Å². The van der Waals surface area contributed by atoms with Gasteiger partial charge in [-0.15, -0.1) is 0 Å². The van der Waals surface area contributed by atoms with E-state index in [1.165, 1.54) is 19.3 Å². The molecule has 0 heterocycles. The fraction of sp³-hybridized carbons (Fsp3) is 0.562.